The summed E-state index contributed by atoms with van der Waals surface area (Å²) in [5.74, 6) is -0.508. The molecule has 1 aromatic heterocycles. The number of hydrogen-bond acceptors (Lipinski definition) is 4. The van der Waals surface area contributed by atoms with Crippen molar-refractivity contribution in [2.75, 3.05) is 18.4 Å². The Morgan fingerprint density at radius 2 is 1.74 bits per heavy atom. The molecule has 0 spiro atoms. The van der Waals surface area contributed by atoms with Gasteiger partial charge in [-0.05, 0) is 42.9 Å². The lowest BCUT2D eigenvalue weighted by Gasteiger charge is -2.31. The summed E-state index contributed by atoms with van der Waals surface area (Å²) in [4.78, 5) is 30.8. The molecule has 2 amide bonds. The molecule has 1 aliphatic heterocycles. The maximum Gasteiger partial charge on any atom is 0.315 e. The van der Waals surface area contributed by atoms with Gasteiger partial charge in [0, 0.05) is 13.1 Å². The molecule has 0 unspecified atom stereocenters. The van der Waals surface area contributed by atoms with Crippen LogP contribution >= 0.6 is 11.3 Å². The van der Waals surface area contributed by atoms with Crippen molar-refractivity contribution in [1.29, 1.82) is 0 Å². The Hall–Kier alpha value is -2.73. The van der Waals surface area contributed by atoms with Crippen LogP contribution < -0.4 is 5.32 Å². The number of piperidine rings is 1. The lowest BCUT2D eigenvalue weighted by molar-refractivity contribution is -0.144. The highest BCUT2D eigenvalue weighted by Gasteiger charge is 2.27. The van der Waals surface area contributed by atoms with E-state index in [1.807, 2.05) is 30.3 Å². The highest BCUT2D eigenvalue weighted by atomic mass is 32.1. The first kappa shape index (κ1) is 17.7. The van der Waals surface area contributed by atoms with Crippen LogP contribution in [0.25, 0.3) is 10.2 Å². The van der Waals surface area contributed by atoms with E-state index < -0.39 is 11.8 Å². The smallest absolute Gasteiger partial charge is 0.315 e. The van der Waals surface area contributed by atoms with Crippen LogP contribution in [0.3, 0.4) is 0 Å². The molecule has 1 saturated heterocycles. The Labute approximate surface area is 162 Å². The van der Waals surface area contributed by atoms with Gasteiger partial charge in [-0.2, -0.15) is 0 Å². The monoisotopic (exact) mass is 379 g/mol. The summed E-state index contributed by atoms with van der Waals surface area (Å²) in [6.45, 7) is 1.26. The van der Waals surface area contributed by atoms with Crippen LogP contribution in [0.15, 0.2) is 54.6 Å². The molecule has 2 heterocycles. The van der Waals surface area contributed by atoms with Gasteiger partial charge in [-0.1, -0.05) is 53.8 Å². The minimum atomic E-state index is -0.601. The number of rotatable bonds is 3. The standard InChI is InChI=1S/C21H21N3O2S/c25-19(23-21-22-17-8-4-5-9-18(17)27-21)20(26)24-12-10-16(11-13-24)14-15-6-2-1-3-7-15/h1-9,16H,10-14H2,(H,22,23,25). The van der Waals surface area contributed by atoms with E-state index in [-0.39, 0.29) is 0 Å². The Morgan fingerprint density at radius 3 is 2.48 bits per heavy atom. The van der Waals surface area contributed by atoms with Gasteiger partial charge in [-0.15, -0.1) is 0 Å². The number of carbonyl (C=O) groups excluding carboxylic acids is 2. The minimum absolute atomic E-state index is 0.465. The maximum atomic E-state index is 12.5. The Kier molecular flexibility index (Phi) is 5.16. The molecule has 1 aliphatic rings. The van der Waals surface area contributed by atoms with E-state index in [9.17, 15) is 9.59 Å². The van der Waals surface area contributed by atoms with E-state index >= 15 is 0 Å². The second kappa shape index (κ2) is 7.88. The second-order valence-corrected chi connectivity index (χ2v) is 7.90. The molecule has 4 rings (SSSR count). The van der Waals surface area contributed by atoms with E-state index in [1.54, 1.807) is 4.90 Å². The second-order valence-electron chi connectivity index (χ2n) is 6.87. The number of para-hydroxylation sites is 1. The number of carbonyl (C=O) groups is 2. The van der Waals surface area contributed by atoms with Crippen LogP contribution in [-0.4, -0.2) is 34.8 Å². The van der Waals surface area contributed by atoms with Crippen molar-refractivity contribution in [1.82, 2.24) is 9.88 Å². The summed E-state index contributed by atoms with van der Waals surface area (Å²) < 4.78 is 0.988. The normalized spacial score (nSPS) is 15.0. The molecule has 0 atom stereocenters. The Bertz CT molecular complexity index is 913. The SMILES string of the molecule is O=C(Nc1nc2ccccc2s1)C(=O)N1CCC(Cc2ccccc2)CC1. The number of nitrogens with zero attached hydrogens (tertiary/aromatic N) is 2. The van der Waals surface area contributed by atoms with E-state index in [4.69, 9.17) is 0 Å². The highest BCUT2D eigenvalue weighted by Crippen LogP contribution is 2.26. The van der Waals surface area contributed by atoms with Crippen molar-refractivity contribution in [3.63, 3.8) is 0 Å². The Balaban J connectivity index is 1.31. The first-order valence-electron chi connectivity index (χ1n) is 9.19. The highest BCUT2D eigenvalue weighted by molar-refractivity contribution is 7.22. The van der Waals surface area contributed by atoms with Gasteiger partial charge in [0.05, 0.1) is 10.2 Å². The minimum Gasteiger partial charge on any atom is -0.334 e. The molecule has 0 radical (unpaired) electrons. The van der Waals surface area contributed by atoms with Gasteiger partial charge in [-0.25, -0.2) is 4.98 Å². The zero-order valence-electron chi connectivity index (χ0n) is 14.9. The number of hydrogen-bond donors (Lipinski definition) is 1. The van der Waals surface area contributed by atoms with Crippen LogP contribution in [0.4, 0.5) is 5.13 Å². The Morgan fingerprint density at radius 1 is 1.04 bits per heavy atom. The van der Waals surface area contributed by atoms with Crippen LogP contribution in [-0.2, 0) is 16.0 Å². The molecule has 27 heavy (non-hydrogen) atoms. The lowest BCUT2D eigenvalue weighted by atomic mass is 9.90. The average molecular weight is 379 g/mol. The van der Waals surface area contributed by atoms with E-state index in [0.29, 0.717) is 24.1 Å². The first-order chi connectivity index (χ1) is 13.2. The molecular weight excluding hydrogens is 358 g/mol. The van der Waals surface area contributed by atoms with Gasteiger partial charge in [0.1, 0.15) is 0 Å². The molecule has 0 bridgehead atoms. The quantitative estimate of drug-likeness (QED) is 0.706. The number of benzene rings is 2. The molecule has 138 valence electrons. The van der Waals surface area contributed by atoms with E-state index in [0.717, 1.165) is 29.5 Å². The third-order valence-corrected chi connectivity index (χ3v) is 5.93. The molecular formula is C21H21N3O2S. The maximum absolute atomic E-state index is 12.5. The fourth-order valence-electron chi connectivity index (χ4n) is 3.51. The number of aromatic nitrogens is 1. The van der Waals surface area contributed by atoms with Crippen LogP contribution in [0.2, 0.25) is 0 Å². The number of likely N-dealkylation sites (tertiary alicyclic amines) is 1. The zero-order valence-corrected chi connectivity index (χ0v) is 15.7. The van der Waals surface area contributed by atoms with Gasteiger partial charge in [-0.3, -0.25) is 14.9 Å². The topological polar surface area (TPSA) is 62.3 Å². The lowest BCUT2D eigenvalue weighted by Crippen LogP contribution is -2.44. The summed E-state index contributed by atoms with van der Waals surface area (Å²) in [6, 6.07) is 18.1. The third kappa shape index (κ3) is 4.17. The van der Waals surface area contributed by atoms with Crippen molar-refractivity contribution in [2.45, 2.75) is 19.3 Å². The third-order valence-electron chi connectivity index (χ3n) is 4.98. The fraction of sp³-hybridized carbons (Fsp3) is 0.286. The van der Waals surface area contributed by atoms with Crippen LogP contribution in [0, 0.1) is 5.92 Å². The van der Waals surface area contributed by atoms with Crippen LogP contribution in [0.5, 0.6) is 0 Å². The van der Waals surface area contributed by atoms with Gasteiger partial charge in [0.2, 0.25) is 0 Å². The predicted octanol–water partition coefficient (Wildman–Crippen LogP) is 3.72. The average Bonchev–Trinajstić information content (AvgIpc) is 3.11. The van der Waals surface area contributed by atoms with Crippen molar-refractivity contribution in [3.05, 3.63) is 60.2 Å². The summed E-state index contributed by atoms with van der Waals surface area (Å²) in [5.41, 5.74) is 2.16. The molecule has 0 saturated carbocycles. The molecule has 3 aromatic rings. The molecule has 1 fully saturated rings. The van der Waals surface area contributed by atoms with E-state index in [2.05, 4.69) is 34.6 Å². The zero-order chi connectivity index (χ0) is 18.6. The van der Waals surface area contributed by atoms with Gasteiger partial charge in [0.25, 0.3) is 0 Å². The van der Waals surface area contributed by atoms with Crippen molar-refractivity contribution in [3.8, 4) is 0 Å². The molecule has 1 N–H and O–H groups in total. The summed E-state index contributed by atoms with van der Waals surface area (Å²) in [5, 5.41) is 3.12. The predicted molar refractivity (Wildman–Crippen MR) is 108 cm³/mol. The fourth-order valence-corrected chi connectivity index (χ4v) is 4.37. The largest absolute Gasteiger partial charge is 0.334 e. The van der Waals surface area contributed by atoms with Gasteiger partial charge < -0.3 is 4.90 Å². The summed E-state index contributed by atoms with van der Waals surface area (Å²) in [7, 11) is 0. The molecule has 5 nitrogen and oxygen atoms in total. The van der Waals surface area contributed by atoms with Crippen molar-refractivity contribution < 1.29 is 9.59 Å². The van der Waals surface area contributed by atoms with Crippen LogP contribution in [0.1, 0.15) is 18.4 Å². The van der Waals surface area contributed by atoms with Gasteiger partial charge in [0.15, 0.2) is 5.13 Å². The number of fused-ring (bicyclic) bond motifs is 1. The number of amides is 2. The van der Waals surface area contributed by atoms with E-state index in [1.165, 1.54) is 16.9 Å². The number of anilines is 1. The summed E-state index contributed by atoms with van der Waals surface area (Å²) >= 11 is 1.38. The summed E-state index contributed by atoms with van der Waals surface area (Å²) in [6.07, 6.45) is 2.88. The molecule has 6 heteroatoms. The first-order valence-corrected chi connectivity index (χ1v) is 10.0. The molecule has 2 aromatic carbocycles. The number of nitrogens with one attached hydrogen (secondary N) is 1. The molecule has 0 aliphatic carbocycles. The number of thiazole rings is 1. The van der Waals surface area contributed by atoms with Crippen molar-refractivity contribution >= 4 is 38.5 Å². The van der Waals surface area contributed by atoms with Crippen molar-refractivity contribution in [2.24, 2.45) is 5.92 Å². The van der Waals surface area contributed by atoms with Gasteiger partial charge >= 0.3 is 11.8 Å².